The second-order valence-electron chi connectivity index (χ2n) is 7.63. The Bertz CT molecular complexity index is 691. The van der Waals surface area contributed by atoms with E-state index in [0.717, 1.165) is 48.2 Å². The number of nitrogens with zero attached hydrogens (tertiary/aromatic N) is 2. The predicted octanol–water partition coefficient (Wildman–Crippen LogP) is 3.49. The fraction of sp³-hybridized carbons (Fsp3) is 0.647. The molecule has 0 amide bonds. The zero-order valence-corrected chi connectivity index (χ0v) is 13.6. The minimum atomic E-state index is -0.773. The molecule has 116 valence electrons. The molecule has 2 aromatic heterocycles. The molecule has 4 nitrogen and oxygen atoms in total. The van der Waals surface area contributed by atoms with Crippen LogP contribution >= 0.6 is 11.3 Å². The summed E-state index contributed by atoms with van der Waals surface area (Å²) in [5.74, 6) is 3.86. The molecule has 4 aliphatic rings. The Morgan fingerprint density at radius 2 is 1.86 bits per heavy atom. The van der Waals surface area contributed by atoms with Crippen molar-refractivity contribution in [1.82, 2.24) is 15.2 Å². The Labute approximate surface area is 134 Å². The number of aliphatic hydroxyl groups is 1. The summed E-state index contributed by atoms with van der Waals surface area (Å²) in [6.07, 6.45) is 6.05. The summed E-state index contributed by atoms with van der Waals surface area (Å²) in [5, 5.41) is 21.1. The molecule has 2 heterocycles. The molecule has 4 fully saturated rings. The summed E-state index contributed by atoms with van der Waals surface area (Å²) in [7, 11) is 0. The molecule has 0 aromatic carbocycles. The first kappa shape index (κ1) is 13.3. The molecule has 0 saturated heterocycles. The average molecular weight is 315 g/mol. The molecule has 0 aliphatic heterocycles. The topological polar surface area (TPSA) is 61.8 Å². The molecule has 0 radical (unpaired) electrons. The van der Waals surface area contributed by atoms with Crippen LogP contribution in [0.15, 0.2) is 11.4 Å². The van der Waals surface area contributed by atoms with Gasteiger partial charge in [-0.2, -0.15) is 5.10 Å². The second kappa shape index (κ2) is 4.42. The van der Waals surface area contributed by atoms with Crippen LogP contribution in [0.2, 0.25) is 0 Å². The number of aryl methyl sites for hydroxylation is 1. The van der Waals surface area contributed by atoms with Crippen molar-refractivity contribution in [3.05, 3.63) is 22.8 Å². The number of hydrogen-bond acceptors (Lipinski definition) is 4. The highest BCUT2D eigenvalue weighted by atomic mass is 32.1. The lowest BCUT2D eigenvalue weighted by atomic mass is 9.49. The van der Waals surface area contributed by atoms with Gasteiger partial charge >= 0.3 is 0 Å². The maximum Gasteiger partial charge on any atom is 0.191 e. The van der Waals surface area contributed by atoms with E-state index in [1.807, 2.05) is 0 Å². The first-order valence-corrected chi connectivity index (χ1v) is 9.21. The van der Waals surface area contributed by atoms with E-state index in [-0.39, 0.29) is 0 Å². The fourth-order valence-corrected chi connectivity index (χ4v) is 6.22. The molecule has 22 heavy (non-hydrogen) atoms. The standard InChI is InChI=1S/C17H21N3OS/c1-9-2-14(22-8-9)15-18-16(20-19-15)17(21)12-4-10-3-11(6-12)7-13(17)5-10/h2,8,10-13,21H,3-7H2,1H3,(H,18,19,20). The van der Waals surface area contributed by atoms with Gasteiger partial charge in [0, 0.05) is 0 Å². The Morgan fingerprint density at radius 3 is 2.45 bits per heavy atom. The largest absolute Gasteiger partial charge is 0.381 e. The van der Waals surface area contributed by atoms with Crippen LogP contribution in [0.1, 0.15) is 43.5 Å². The molecule has 0 spiro atoms. The van der Waals surface area contributed by atoms with E-state index in [0.29, 0.717) is 17.7 Å². The van der Waals surface area contributed by atoms with Gasteiger partial charge in [0.05, 0.1) is 4.88 Å². The fourth-order valence-electron chi connectivity index (χ4n) is 5.39. The van der Waals surface area contributed by atoms with Gasteiger partial charge in [-0.05, 0) is 79.7 Å². The maximum atomic E-state index is 11.5. The number of H-pyrrole nitrogens is 1. The van der Waals surface area contributed by atoms with E-state index in [1.54, 1.807) is 11.3 Å². The minimum Gasteiger partial charge on any atom is -0.381 e. The lowest BCUT2D eigenvalue weighted by Crippen LogP contribution is -2.56. The van der Waals surface area contributed by atoms with Crippen molar-refractivity contribution < 1.29 is 5.11 Å². The van der Waals surface area contributed by atoms with Crippen LogP contribution in [0, 0.1) is 30.6 Å². The van der Waals surface area contributed by atoms with E-state index in [4.69, 9.17) is 4.98 Å². The molecular weight excluding hydrogens is 294 g/mol. The highest BCUT2D eigenvalue weighted by Gasteiger charge is 2.58. The van der Waals surface area contributed by atoms with Crippen molar-refractivity contribution in [1.29, 1.82) is 0 Å². The quantitative estimate of drug-likeness (QED) is 0.892. The molecular formula is C17H21N3OS. The predicted molar refractivity (Wildman–Crippen MR) is 85.4 cm³/mol. The van der Waals surface area contributed by atoms with Crippen LogP contribution in [0.3, 0.4) is 0 Å². The summed E-state index contributed by atoms with van der Waals surface area (Å²) in [5.41, 5.74) is 0.463. The third kappa shape index (κ3) is 1.72. The van der Waals surface area contributed by atoms with Gasteiger partial charge in [-0.15, -0.1) is 11.3 Å². The molecule has 4 bridgehead atoms. The van der Waals surface area contributed by atoms with Crippen LogP contribution in [-0.4, -0.2) is 20.3 Å². The zero-order valence-electron chi connectivity index (χ0n) is 12.7. The summed E-state index contributed by atoms with van der Waals surface area (Å²) in [6, 6.07) is 2.11. The molecule has 2 aromatic rings. The molecule has 0 atom stereocenters. The van der Waals surface area contributed by atoms with Crippen LogP contribution in [0.4, 0.5) is 0 Å². The Kier molecular flexibility index (Phi) is 2.66. The van der Waals surface area contributed by atoms with Crippen molar-refractivity contribution >= 4 is 11.3 Å². The summed E-state index contributed by atoms with van der Waals surface area (Å²) in [4.78, 5) is 5.78. The van der Waals surface area contributed by atoms with Gasteiger partial charge in [-0.1, -0.05) is 0 Å². The molecule has 0 unspecified atom stereocenters. The molecule has 4 aliphatic carbocycles. The molecule has 4 saturated carbocycles. The summed E-state index contributed by atoms with van der Waals surface area (Å²) < 4.78 is 0. The molecule has 5 heteroatoms. The van der Waals surface area contributed by atoms with E-state index in [9.17, 15) is 5.11 Å². The first-order chi connectivity index (χ1) is 10.6. The van der Waals surface area contributed by atoms with Gasteiger partial charge in [-0.3, -0.25) is 5.10 Å². The van der Waals surface area contributed by atoms with Crippen molar-refractivity contribution in [3.8, 4) is 10.7 Å². The maximum absolute atomic E-state index is 11.5. The molecule has 2 N–H and O–H groups in total. The lowest BCUT2D eigenvalue weighted by molar-refractivity contribution is -0.183. The summed E-state index contributed by atoms with van der Waals surface area (Å²) in [6.45, 7) is 2.08. The number of hydrogen-bond donors (Lipinski definition) is 2. The minimum absolute atomic E-state index is 0.370. The van der Waals surface area contributed by atoms with E-state index >= 15 is 0 Å². The van der Waals surface area contributed by atoms with E-state index in [1.165, 1.54) is 12.0 Å². The number of rotatable bonds is 2. The van der Waals surface area contributed by atoms with Crippen LogP contribution < -0.4 is 0 Å². The Morgan fingerprint density at radius 1 is 1.18 bits per heavy atom. The average Bonchev–Trinajstić information content (AvgIpc) is 3.12. The number of aromatic amines is 1. The Hall–Kier alpha value is -1.20. The van der Waals surface area contributed by atoms with Gasteiger partial charge in [0.25, 0.3) is 0 Å². The number of aromatic nitrogens is 3. The van der Waals surface area contributed by atoms with Gasteiger partial charge < -0.3 is 5.11 Å². The van der Waals surface area contributed by atoms with E-state index < -0.39 is 5.60 Å². The van der Waals surface area contributed by atoms with Gasteiger partial charge in [-0.25, -0.2) is 4.98 Å². The van der Waals surface area contributed by atoms with Crippen LogP contribution in [0.5, 0.6) is 0 Å². The smallest absolute Gasteiger partial charge is 0.191 e. The monoisotopic (exact) mass is 315 g/mol. The van der Waals surface area contributed by atoms with Crippen molar-refractivity contribution in [2.45, 2.75) is 44.6 Å². The molecule has 6 rings (SSSR count). The lowest BCUT2D eigenvalue weighted by Gasteiger charge is -2.57. The first-order valence-electron chi connectivity index (χ1n) is 8.33. The second-order valence-corrected chi connectivity index (χ2v) is 8.54. The van der Waals surface area contributed by atoms with Gasteiger partial charge in [0.15, 0.2) is 11.6 Å². The van der Waals surface area contributed by atoms with Crippen molar-refractivity contribution in [2.75, 3.05) is 0 Å². The number of nitrogens with one attached hydrogen (secondary N) is 1. The SMILES string of the molecule is Cc1csc(-c2n[nH]c(C3(O)C4CC5CC(C4)CC3C5)n2)c1. The Balaban J connectivity index is 1.53. The highest BCUT2D eigenvalue weighted by molar-refractivity contribution is 7.13. The van der Waals surface area contributed by atoms with Crippen LogP contribution in [0.25, 0.3) is 10.7 Å². The van der Waals surface area contributed by atoms with Crippen molar-refractivity contribution in [3.63, 3.8) is 0 Å². The zero-order chi connectivity index (χ0) is 14.9. The van der Waals surface area contributed by atoms with Crippen LogP contribution in [-0.2, 0) is 5.60 Å². The van der Waals surface area contributed by atoms with E-state index in [2.05, 4.69) is 28.6 Å². The normalized spacial score (nSPS) is 39.5. The number of thiophene rings is 1. The highest BCUT2D eigenvalue weighted by Crippen LogP contribution is 2.61. The van der Waals surface area contributed by atoms with Gasteiger partial charge in [0.1, 0.15) is 5.60 Å². The van der Waals surface area contributed by atoms with Crippen molar-refractivity contribution in [2.24, 2.45) is 23.7 Å². The third-order valence-corrected chi connectivity index (χ3v) is 7.24. The van der Waals surface area contributed by atoms with Gasteiger partial charge in [0.2, 0.25) is 0 Å². The summed E-state index contributed by atoms with van der Waals surface area (Å²) >= 11 is 1.66. The third-order valence-electron chi connectivity index (χ3n) is 6.20.